The minimum atomic E-state index is -1.13. The number of carbonyl (C=O) groups is 1. The summed E-state index contributed by atoms with van der Waals surface area (Å²) in [6.07, 6.45) is -1.35. The number of rotatable bonds is 2. The fourth-order valence-corrected chi connectivity index (χ4v) is 1.96. The number of nitrogens with one attached hydrogen (secondary N) is 1. The van der Waals surface area contributed by atoms with Crippen molar-refractivity contribution in [1.29, 1.82) is 0 Å². The summed E-state index contributed by atoms with van der Waals surface area (Å²) in [6.45, 7) is 5.12. The van der Waals surface area contributed by atoms with E-state index < -0.39 is 18.4 Å². The van der Waals surface area contributed by atoms with E-state index in [9.17, 15) is 15.0 Å². The Morgan fingerprint density at radius 3 is 2.53 bits per heavy atom. The molecule has 0 aromatic heterocycles. The summed E-state index contributed by atoms with van der Waals surface area (Å²) in [5, 5.41) is 22.0. The summed E-state index contributed by atoms with van der Waals surface area (Å²) in [5.41, 5.74) is 0. The molecular formula is C10H19NO4. The molecule has 88 valence electrons. The van der Waals surface area contributed by atoms with E-state index in [0.717, 1.165) is 6.42 Å². The molecule has 0 spiro atoms. The van der Waals surface area contributed by atoms with Crippen LogP contribution in [0.1, 0.15) is 27.2 Å². The van der Waals surface area contributed by atoms with Crippen molar-refractivity contribution in [1.82, 2.24) is 5.32 Å². The van der Waals surface area contributed by atoms with Crippen LogP contribution in [0.2, 0.25) is 0 Å². The number of amides is 1. The lowest BCUT2D eigenvalue weighted by atomic mass is 9.88. The van der Waals surface area contributed by atoms with E-state index in [1.165, 1.54) is 6.92 Å². The zero-order valence-corrected chi connectivity index (χ0v) is 9.30. The van der Waals surface area contributed by atoms with Gasteiger partial charge in [-0.1, -0.05) is 13.8 Å². The molecule has 0 aliphatic carbocycles. The Labute approximate surface area is 89.4 Å². The lowest BCUT2D eigenvalue weighted by Gasteiger charge is -2.41. The van der Waals surface area contributed by atoms with E-state index in [-0.39, 0.29) is 17.9 Å². The Kier molecular flexibility index (Phi) is 4.07. The highest BCUT2D eigenvalue weighted by Crippen LogP contribution is 2.26. The largest absolute Gasteiger partial charge is 0.390 e. The summed E-state index contributed by atoms with van der Waals surface area (Å²) in [4.78, 5) is 10.9. The third-order valence-electron chi connectivity index (χ3n) is 2.89. The summed E-state index contributed by atoms with van der Waals surface area (Å²) in [6, 6.07) is -0.736. The van der Waals surface area contributed by atoms with Crippen LogP contribution >= 0.6 is 0 Å². The molecule has 1 saturated heterocycles. The Hall–Kier alpha value is -0.650. The molecule has 1 aliphatic rings. The molecule has 0 bridgehead atoms. The van der Waals surface area contributed by atoms with Gasteiger partial charge in [0.15, 0.2) is 6.29 Å². The number of aliphatic hydroxyl groups excluding tert-OH is 2. The highest BCUT2D eigenvalue weighted by molar-refractivity contribution is 5.73. The van der Waals surface area contributed by atoms with E-state index in [4.69, 9.17) is 4.74 Å². The third-order valence-corrected chi connectivity index (χ3v) is 2.89. The topological polar surface area (TPSA) is 78.8 Å². The predicted octanol–water partition coefficient (Wildman–Crippen LogP) is -0.385. The molecule has 1 amide bonds. The minimum Gasteiger partial charge on any atom is -0.390 e. The molecule has 5 heteroatoms. The van der Waals surface area contributed by atoms with Crippen molar-refractivity contribution in [2.24, 2.45) is 5.92 Å². The van der Waals surface area contributed by atoms with Crippen molar-refractivity contribution in [3.8, 4) is 0 Å². The fourth-order valence-electron chi connectivity index (χ4n) is 1.96. The molecule has 5 nitrogen and oxygen atoms in total. The molecule has 1 rings (SSSR count). The first-order chi connectivity index (χ1) is 6.97. The van der Waals surface area contributed by atoms with Crippen LogP contribution in [0.5, 0.6) is 0 Å². The van der Waals surface area contributed by atoms with Crippen molar-refractivity contribution < 1.29 is 19.7 Å². The molecular weight excluding hydrogens is 198 g/mol. The highest BCUT2D eigenvalue weighted by Gasteiger charge is 2.41. The number of carbonyl (C=O) groups excluding carboxylic acids is 1. The van der Waals surface area contributed by atoms with Crippen molar-refractivity contribution in [3.63, 3.8) is 0 Å². The molecule has 1 fully saturated rings. The van der Waals surface area contributed by atoms with Gasteiger partial charge < -0.3 is 20.3 Å². The van der Waals surface area contributed by atoms with Crippen LogP contribution in [-0.2, 0) is 9.53 Å². The van der Waals surface area contributed by atoms with Gasteiger partial charge in [0.05, 0.1) is 12.2 Å². The SMILES string of the molecule is CCC1OC(O)C(NC(C)=O)[C@@H](O)[C@@H]1C. The lowest BCUT2D eigenvalue weighted by Crippen LogP contribution is -2.60. The Morgan fingerprint density at radius 2 is 2.07 bits per heavy atom. The molecule has 0 radical (unpaired) electrons. The van der Waals surface area contributed by atoms with Gasteiger partial charge >= 0.3 is 0 Å². The van der Waals surface area contributed by atoms with Gasteiger partial charge in [0, 0.05) is 12.8 Å². The number of hydrogen-bond acceptors (Lipinski definition) is 4. The molecule has 0 saturated carbocycles. The van der Waals surface area contributed by atoms with Crippen molar-refractivity contribution in [2.75, 3.05) is 0 Å². The fraction of sp³-hybridized carbons (Fsp3) is 0.900. The predicted molar refractivity (Wildman–Crippen MR) is 53.9 cm³/mol. The first-order valence-corrected chi connectivity index (χ1v) is 5.26. The smallest absolute Gasteiger partial charge is 0.217 e. The van der Waals surface area contributed by atoms with Crippen LogP contribution in [0.3, 0.4) is 0 Å². The van der Waals surface area contributed by atoms with Crippen LogP contribution in [0, 0.1) is 5.92 Å². The Bertz CT molecular complexity index is 233. The second kappa shape index (κ2) is 4.92. The number of hydrogen-bond donors (Lipinski definition) is 3. The average Bonchev–Trinajstić information content (AvgIpc) is 2.18. The number of ether oxygens (including phenoxy) is 1. The van der Waals surface area contributed by atoms with Gasteiger partial charge in [-0.2, -0.15) is 0 Å². The zero-order valence-electron chi connectivity index (χ0n) is 9.30. The van der Waals surface area contributed by atoms with Crippen molar-refractivity contribution in [2.45, 2.75) is 51.7 Å². The van der Waals surface area contributed by atoms with E-state index in [0.29, 0.717) is 0 Å². The summed E-state index contributed by atoms with van der Waals surface area (Å²) < 4.78 is 5.31. The molecule has 0 aromatic carbocycles. The molecule has 15 heavy (non-hydrogen) atoms. The third kappa shape index (κ3) is 2.68. The van der Waals surface area contributed by atoms with Crippen LogP contribution in [0.25, 0.3) is 0 Å². The maximum absolute atomic E-state index is 10.9. The molecule has 1 aliphatic heterocycles. The molecule has 5 atom stereocenters. The van der Waals surface area contributed by atoms with E-state index >= 15 is 0 Å². The normalized spacial score (nSPS) is 41.3. The van der Waals surface area contributed by atoms with Crippen molar-refractivity contribution >= 4 is 5.91 Å². The van der Waals surface area contributed by atoms with E-state index in [2.05, 4.69) is 5.32 Å². The monoisotopic (exact) mass is 217 g/mol. The second-order valence-corrected chi connectivity index (χ2v) is 4.05. The Morgan fingerprint density at radius 1 is 1.47 bits per heavy atom. The standard InChI is InChI=1S/C10H19NO4/c1-4-7-5(2)9(13)8(10(14)15-7)11-6(3)12/h5,7-10,13-14H,4H2,1-3H3,(H,11,12)/t5-,7?,8?,9+,10?/m1/s1. The van der Waals surface area contributed by atoms with Gasteiger partial charge in [-0.25, -0.2) is 0 Å². The van der Waals surface area contributed by atoms with Crippen molar-refractivity contribution in [3.05, 3.63) is 0 Å². The quantitative estimate of drug-likeness (QED) is 0.589. The highest BCUT2D eigenvalue weighted by atomic mass is 16.6. The van der Waals surface area contributed by atoms with Gasteiger partial charge in [-0.3, -0.25) is 4.79 Å². The van der Waals surface area contributed by atoms with Crippen LogP contribution in [0.15, 0.2) is 0 Å². The van der Waals surface area contributed by atoms with Gasteiger partial charge in [0.2, 0.25) is 5.91 Å². The molecule has 1 heterocycles. The average molecular weight is 217 g/mol. The molecule has 0 aromatic rings. The van der Waals surface area contributed by atoms with Crippen LogP contribution < -0.4 is 5.32 Å². The summed E-state index contributed by atoms with van der Waals surface area (Å²) in [5.74, 6) is -0.390. The van der Waals surface area contributed by atoms with Gasteiger partial charge in [-0.15, -0.1) is 0 Å². The maximum Gasteiger partial charge on any atom is 0.217 e. The summed E-state index contributed by atoms with van der Waals surface area (Å²) >= 11 is 0. The van der Waals surface area contributed by atoms with Gasteiger partial charge in [-0.05, 0) is 6.42 Å². The number of aliphatic hydroxyl groups is 2. The first-order valence-electron chi connectivity index (χ1n) is 5.26. The van der Waals surface area contributed by atoms with Crippen LogP contribution in [-0.4, -0.2) is 40.7 Å². The van der Waals surface area contributed by atoms with Gasteiger partial charge in [0.25, 0.3) is 0 Å². The van der Waals surface area contributed by atoms with E-state index in [1.54, 1.807) is 0 Å². The van der Waals surface area contributed by atoms with E-state index in [1.807, 2.05) is 13.8 Å². The summed E-state index contributed by atoms with van der Waals surface area (Å²) in [7, 11) is 0. The maximum atomic E-state index is 10.9. The molecule has 3 unspecified atom stereocenters. The first kappa shape index (κ1) is 12.4. The minimum absolute atomic E-state index is 0.102. The van der Waals surface area contributed by atoms with Gasteiger partial charge in [0.1, 0.15) is 6.04 Å². The second-order valence-electron chi connectivity index (χ2n) is 4.05. The zero-order chi connectivity index (χ0) is 11.6. The lowest BCUT2D eigenvalue weighted by molar-refractivity contribution is -0.228. The molecule has 3 N–H and O–H groups in total. The Balaban J connectivity index is 2.70. The van der Waals surface area contributed by atoms with Crippen LogP contribution in [0.4, 0.5) is 0 Å².